The van der Waals surface area contributed by atoms with Crippen LogP contribution in [0.1, 0.15) is 44.9 Å². The van der Waals surface area contributed by atoms with E-state index in [0.717, 1.165) is 58.2 Å². The molecule has 1 atom stereocenters. The molecule has 22 heavy (non-hydrogen) atoms. The lowest BCUT2D eigenvalue weighted by Gasteiger charge is -2.35. The number of amides is 1. The molecule has 2 aliphatic rings. The normalized spacial score (nSPS) is 22.7. The Morgan fingerprint density at radius 2 is 1.91 bits per heavy atom. The molecular formula is C17H27N3O2. The van der Waals surface area contributed by atoms with Crippen molar-refractivity contribution in [3.63, 3.8) is 0 Å². The molecule has 2 fully saturated rings. The molecule has 5 nitrogen and oxygen atoms in total. The Morgan fingerprint density at radius 1 is 1.18 bits per heavy atom. The van der Waals surface area contributed by atoms with Gasteiger partial charge >= 0.3 is 0 Å². The molecule has 1 aromatic rings. The number of likely N-dealkylation sites (tertiary alicyclic amines) is 1. The van der Waals surface area contributed by atoms with E-state index in [0.29, 0.717) is 5.92 Å². The first-order chi connectivity index (χ1) is 10.7. The number of hydrogen-bond donors (Lipinski definition) is 1. The number of carbonyl (C=O) groups excluding carboxylic acids is 1. The van der Waals surface area contributed by atoms with Gasteiger partial charge in [-0.3, -0.25) is 9.48 Å². The van der Waals surface area contributed by atoms with Gasteiger partial charge in [0.2, 0.25) is 0 Å². The van der Waals surface area contributed by atoms with E-state index < -0.39 is 6.10 Å². The molecule has 1 N–H and O–H groups in total. The van der Waals surface area contributed by atoms with E-state index in [1.807, 2.05) is 21.8 Å². The van der Waals surface area contributed by atoms with Crippen LogP contribution in [0.5, 0.6) is 0 Å². The highest BCUT2D eigenvalue weighted by Crippen LogP contribution is 2.28. The van der Waals surface area contributed by atoms with E-state index in [2.05, 4.69) is 5.10 Å². The zero-order valence-corrected chi connectivity index (χ0v) is 13.2. The number of aromatic nitrogens is 2. The van der Waals surface area contributed by atoms with Crippen LogP contribution in [0.15, 0.2) is 18.5 Å². The van der Waals surface area contributed by atoms with Crippen LogP contribution in [0.2, 0.25) is 0 Å². The van der Waals surface area contributed by atoms with E-state index in [1.165, 1.54) is 6.42 Å². The summed E-state index contributed by atoms with van der Waals surface area (Å²) in [6.45, 7) is 2.48. The fourth-order valence-electron chi connectivity index (χ4n) is 3.85. The molecule has 1 aliphatic carbocycles. The predicted octanol–water partition coefficient (Wildman–Crippen LogP) is 2.06. The van der Waals surface area contributed by atoms with Crippen molar-refractivity contribution >= 4 is 5.91 Å². The lowest BCUT2D eigenvalue weighted by atomic mass is 9.84. The van der Waals surface area contributed by atoms with Crippen molar-refractivity contribution in [2.75, 3.05) is 13.1 Å². The Kier molecular flexibility index (Phi) is 5.13. The first-order valence-electron chi connectivity index (χ1n) is 8.68. The minimum Gasteiger partial charge on any atom is -0.383 e. The van der Waals surface area contributed by atoms with E-state index in [9.17, 15) is 9.90 Å². The fraction of sp³-hybridized carbons (Fsp3) is 0.765. The monoisotopic (exact) mass is 305 g/mol. The van der Waals surface area contributed by atoms with Gasteiger partial charge in [-0.1, -0.05) is 19.3 Å². The maximum atomic E-state index is 12.5. The van der Waals surface area contributed by atoms with Crippen LogP contribution in [0.25, 0.3) is 0 Å². The smallest absolute Gasteiger partial charge is 0.251 e. The highest BCUT2D eigenvalue weighted by atomic mass is 16.3. The summed E-state index contributed by atoms with van der Waals surface area (Å²) in [6.07, 6.45) is 10.6. The van der Waals surface area contributed by atoms with Gasteiger partial charge in [-0.25, -0.2) is 0 Å². The summed E-state index contributed by atoms with van der Waals surface area (Å²) in [6, 6.07) is 1.94. The van der Waals surface area contributed by atoms with Crippen LogP contribution in [0.4, 0.5) is 0 Å². The summed E-state index contributed by atoms with van der Waals surface area (Å²) in [4.78, 5) is 14.4. The first kappa shape index (κ1) is 15.5. The average molecular weight is 305 g/mol. The Hall–Kier alpha value is -1.36. The van der Waals surface area contributed by atoms with Crippen molar-refractivity contribution < 1.29 is 9.90 Å². The third kappa shape index (κ3) is 3.69. The molecule has 5 heteroatoms. The van der Waals surface area contributed by atoms with E-state index in [-0.39, 0.29) is 11.8 Å². The zero-order valence-electron chi connectivity index (χ0n) is 13.2. The van der Waals surface area contributed by atoms with Gasteiger partial charge in [0.15, 0.2) is 0 Å². The minimum atomic E-state index is -0.775. The van der Waals surface area contributed by atoms with Crippen molar-refractivity contribution in [1.82, 2.24) is 14.7 Å². The van der Waals surface area contributed by atoms with Crippen molar-refractivity contribution in [2.24, 2.45) is 11.8 Å². The second-order valence-electron chi connectivity index (χ2n) is 6.84. The van der Waals surface area contributed by atoms with Crippen LogP contribution < -0.4 is 0 Å². The van der Waals surface area contributed by atoms with E-state index in [4.69, 9.17) is 0 Å². The molecule has 3 rings (SSSR count). The topological polar surface area (TPSA) is 58.4 Å². The SMILES string of the molecule is O=C(C(O)C1CCCCC1)N1CCC(Cn2cccn2)CC1. The Labute approximate surface area is 132 Å². The molecule has 1 aromatic heterocycles. The highest BCUT2D eigenvalue weighted by Gasteiger charge is 2.32. The molecule has 2 heterocycles. The molecule has 1 unspecified atom stereocenters. The summed E-state index contributed by atoms with van der Waals surface area (Å²) >= 11 is 0. The third-order valence-corrected chi connectivity index (χ3v) is 5.28. The molecule has 1 amide bonds. The summed E-state index contributed by atoms with van der Waals surface area (Å²) in [5.74, 6) is 0.725. The molecule has 0 aromatic carbocycles. The fourth-order valence-corrected chi connectivity index (χ4v) is 3.85. The van der Waals surface area contributed by atoms with Crippen molar-refractivity contribution in [3.05, 3.63) is 18.5 Å². The van der Waals surface area contributed by atoms with Crippen molar-refractivity contribution in [3.8, 4) is 0 Å². The largest absolute Gasteiger partial charge is 0.383 e. The summed E-state index contributed by atoms with van der Waals surface area (Å²) in [5.41, 5.74) is 0. The lowest BCUT2D eigenvalue weighted by Crippen LogP contribution is -2.47. The number of aliphatic hydroxyl groups excluding tert-OH is 1. The van der Waals surface area contributed by atoms with Gasteiger partial charge in [-0.15, -0.1) is 0 Å². The van der Waals surface area contributed by atoms with Gasteiger partial charge in [0.25, 0.3) is 5.91 Å². The van der Waals surface area contributed by atoms with E-state index >= 15 is 0 Å². The average Bonchev–Trinajstić information content (AvgIpc) is 3.08. The molecule has 1 saturated carbocycles. The maximum Gasteiger partial charge on any atom is 0.251 e. The van der Waals surface area contributed by atoms with Crippen molar-refractivity contribution in [2.45, 2.75) is 57.6 Å². The molecule has 0 spiro atoms. The van der Waals surface area contributed by atoms with Gasteiger partial charge in [0.1, 0.15) is 6.10 Å². The zero-order chi connectivity index (χ0) is 15.4. The Bertz CT molecular complexity index is 460. The van der Waals surface area contributed by atoms with Crippen LogP contribution in [-0.2, 0) is 11.3 Å². The summed E-state index contributed by atoms with van der Waals surface area (Å²) < 4.78 is 1.97. The number of nitrogens with zero attached hydrogens (tertiary/aromatic N) is 3. The van der Waals surface area contributed by atoms with Crippen LogP contribution in [0, 0.1) is 11.8 Å². The van der Waals surface area contributed by atoms with Gasteiger partial charge < -0.3 is 10.0 Å². The quantitative estimate of drug-likeness (QED) is 0.926. The first-order valence-corrected chi connectivity index (χ1v) is 8.68. The molecule has 122 valence electrons. The molecular weight excluding hydrogens is 278 g/mol. The summed E-state index contributed by atoms with van der Waals surface area (Å²) in [7, 11) is 0. The number of rotatable bonds is 4. The molecule has 1 saturated heterocycles. The van der Waals surface area contributed by atoms with Gasteiger partial charge in [-0.2, -0.15) is 5.10 Å². The van der Waals surface area contributed by atoms with Crippen LogP contribution >= 0.6 is 0 Å². The van der Waals surface area contributed by atoms with Crippen LogP contribution in [-0.4, -0.2) is 44.9 Å². The van der Waals surface area contributed by atoms with Crippen molar-refractivity contribution in [1.29, 1.82) is 0 Å². The van der Waals surface area contributed by atoms with Gasteiger partial charge in [0.05, 0.1) is 0 Å². The van der Waals surface area contributed by atoms with Crippen LogP contribution in [0.3, 0.4) is 0 Å². The van der Waals surface area contributed by atoms with Gasteiger partial charge in [-0.05, 0) is 43.6 Å². The maximum absolute atomic E-state index is 12.5. The molecule has 1 aliphatic heterocycles. The highest BCUT2D eigenvalue weighted by molar-refractivity contribution is 5.81. The third-order valence-electron chi connectivity index (χ3n) is 5.28. The number of aliphatic hydroxyl groups is 1. The Morgan fingerprint density at radius 3 is 2.55 bits per heavy atom. The molecule has 0 radical (unpaired) electrons. The number of piperidine rings is 1. The molecule has 0 bridgehead atoms. The lowest BCUT2D eigenvalue weighted by molar-refractivity contribution is -0.145. The number of hydrogen-bond acceptors (Lipinski definition) is 3. The second kappa shape index (κ2) is 7.27. The predicted molar refractivity (Wildman–Crippen MR) is 84.1 cm³/mol. The minimum absolute atomic E-state index is 0.0376. The standard InChI is InChI=1S/C17H27N3O2/c21-16(15-5-2-1-3-6-15)17(22)19-11-7-14(8-12-19)13-20-10-4-9-18-20/h4,9-10,14-16,21H,1-3,5-8,11-13H2. The van der Waals surface area contributed by atoms with Gasteiger partial charge in [0, 0.05) is 32.0 Å². The van der Waals surface area contributed by atoms with E-state index in [1.54, 1.807) is 6.20 Å². The number of carbonyl (C=O) groups is 1. The Balaban J connectivity index is 1.46. The summed E-state index contributed by atoms with van der Waals surface area (Å²) in [5, 5.41) is 14.6. The second-order valence-corrected chi connectivity index (χ2v) is 6.84.